The van der Waals surface area contributed by atoms with Crippen molar-refractivity contribution in [3.05, 3.63) is 29.8 Å². The fourth-order valence-electron chi connectivity index (χ4n) is 1.87. The van der Waals surface area contributed by atoms with Gasteiger partial charge in [0.1, 0.15) is 18.5 Å². The van der Waals surface area contributed by atoms with Gasteiger partial charge in [-0.15, -0.1) is 0 Å². The van der Waals surface area contributed by atoms with E-state index in [0.29, 0.717) is 19.8 Å². The van der Waals surface area contributed by atoms with Crippen LogP contribution in [0.15, 0.2) is 24.3 Å². The van der Waals surface area contributed by atoms with E-state index in [1.807, 2.05) is 38.1 Å². The van der Waals surface area contributed by atoms with Gasteiger partial charge in [0.25, 0.3) is 0 Å². The van der Waals surface area contributed by atoms with E-state index in [4.69, 9.17) is 9.47 Å². The molecule has 0 aliphatic heterocycles. The fourth-order valence-corrected chi connectivity index (χ4v) is 1.87. The van der Waals surface area contributed by atoms with Crippen LogP contribution in [0, 0.1) is 0 Å². The van der Waals surface area contributed by atoms with Gasteiger partial charge in [-0.2, -0.15) is 0 Å². The molecule has 0 radical (unpaired) electrons. The molecule has 0 aromatic heterocycles. The summed E-state index contributed by atoms with van der Waals surface area (Å²) in [5.74, 6) is 0.795. The second-order valence-electron chi connectivity index (χ2n) is 4.89. The third-order valence-electron chi connectivity index (χ3n) is 3.04. The van der Waals surface area contributed by atoms with Gasteiger partial charge in [-0.25, -0.2) is 0 Å². The minimum Gasteiger partial charge on any atom is -0.491 e. The number of aryl methyl sites for hydroxylation is 1. The Morgan fingerprint density at radius 2 is 1.85 bits per heavy atom. The average Bonchev–Trinajstić information content (AvgIpc) is 2.46. The number of hydrogen-bond acceptors (Lipinski definition) is 4. The van der Waals surface area contributed by atoms with Crippen molar-refractivity contribution in [2.75, 3.05) is 26.3 Å². The molecule has 2 N–H and O–H groups in total. The molecule has 20 heavy (non-hydrogen) atoms. The van der Waals surface area contributed by atoms with Crippen molar-refractivity contribution in [3.63, 3.8) is 0 Å². The number of nitrogens with one attached hydrogen (secondary N) is 1. The van der Waals surface area contributed by atoms with E-state index in [1.165, 1.54) is 5.56 Å². The topological polar surface area (TPSA) is 50.7 Å². The first kappa shape index (κ1) is 17.0. The minimum absolute atomic E-state index is 0.162. The molecule has 0 fully saturated rings. The van der Waals surface area contributed by atoms with Gasteiger partial charge in [-0.1, -0.05) is 19.1 Å². The molecule has 0 spiro atoms. The van der Waals surface area contributed by atoms with Gasteiger partial charge in [-0.05, 0) is 38.0 Å². The second-order valence-corrected chi connectivity index (χ2v) is 4.89. The molecule has 0 bridgehead atoms. The fraction of sp³-hybridized carbons (Fsp3) is 0.625. The van der Waals surface area contributed by atoms with E-state index in [2.05, 4.69) is 12.2 Å². The monoisotopic (exact) mass is 281 g/mol. The van der Waals surface area contributed by atoms with Gasteiger partial charge in [0.05, 0.1) is 6.10 Å². The third-order valence-corrected chi connectivity index (χ3v) is 3.04. The summed E-state index contributed by atoms with van der Waals surface area (Å²) < 4.78 is 11.0. The van der Waals surface area contributed by atoms with Crippen LogP contribution in [0.2, 0.25) is 0 Å². The first-order chi connectivity index (χ1) is 9.65. The Labute approximate surface area is 122 Å². The SMILES string of the molecule is CCOC(C)CNCC(O)COc1ccc(CC)cc1. The number of rotatable bonds is 10. The van der Waals surface area contributed by atoms with Crippen LogP contribution < -0.4 is 10.1 Å². The molecule has 2 unspecified atom stereocenters. The van der Waals surface area contributed by atoms with E-state index in [-0.39, 0.29) is 6.10 Å². The number of benzene rings is 1. The smallest absolute Gasteiger partial charge is 0.119 e. The Kier molecular flexibility index (Phi) is 8.26. The van der Waals surface area contributed by atoms with Crippen molar-refractivity contribution in [2.45, 2.75) is 39.4 Å². The Balaban J connectivity index is 2.17. The van der Waals surface area contributed by atoms with Crippen LogP contribution in [0.5, 0.6) is 5.75 Å². The summed E-state index contributed by atoms with van der Waals surface area (Å²) in [6, 6.07) is 7.97. The Morgan fingerprint density at radius 1 is 1.15 bits per heavy atom. The molecule has 4 heteroatoms. The van der Waals surface area contributed by atoms with E-state index >= 15 is 0 Å². The molecule has 0 aliphatic carbocycles. The summed E-state index contributed by atoms with van der Waals surface area (Å²) in [6.07, 6.45) is 0.662. The predicted molar refractivity (Wildman–Crippen MR) is 81.3 cm³/mol. The number of ether oxygens (including phenoxy) is 2. The third kappa shape index (κ3) is 6.89. The van der Waals surface area contributed by atoms with Crippen molar-refractivity contribution >= 4 is 0 Å². The molecule has 2 atom stereocenters. The minimum atomic E-state index is -0.519. The van der Waals surface area contributed by atoms with Crippen LogP contribution in [0.25, 0.3) is 0 Å². The summed E-state index contributed by atoms with van der Waals surface area (Å²) in [5, 5.41) is 13.0. The first-order valence-electron chi connectivity index (χ1n) is 7.37. The first-order valence-corrected chi connectivity index (χ1v) is 7.37. The van der Waals surface area contributed by atoms with Crippen molar-refractivity contribution in [2.24, 2.45) is 0 Å². The van der Waals surface area contributed by atoms with Gasteiger partial charge >= 0.3 is 0 Å². The average molecular weight is 281 g/mol. The van der Waals surface area contributed by atoms with Crippen molar-refractivity contribution in [3.8, 4) is 5.75 Å². The van der Waals surface area contributed by atoms with Crippen molar-refractivity contribution in [1.82, 2.24) is 5.32 Å². The largest absolute Gasteiger partial charge is 0.491 e. The Hall–Kier alpha value is -1.10. The maximum atomic E-state index is 9.83. The van der Waals surface area contributed by atoms with Crippen LogP contribution in [-0.2, 0) is 11.2 Å². The van der Waals surface area contributed by atoms with Crippen molar-refractivity contribution < 1.29 is 14.6 Å². The molecule has 1 rings (SSSR count). The lowest BCUT2D eigenvalue weighted by molar-refractivity contribution is 0.0671. The zero-order valence-electron chi connectivity index (χ0n) is 12.8. The lowest BCUT2D eigenvalue weighted by Gasteiger charge is -2.16. The molecule has 0 saturated heterocycles. The highest BCUT2D eigenvalue weighted by molar-refractivity contribution is 5.27. The van der Waals surface area contributed by atoms with Crippen LogP contribution in [0.3, 0.4) is 0 Å². The van der Waals surface area contributed by atoms with Gasteiger partial charge in [-0.3, -0.25) is 0 Å². The zero-order valence-corrected chi connectivity index (χ0v) is 12.8. The highest BCUT2D eigenvalue weighted by Gasteiger charge is 2.06. The molecule has 114 valence electrons. The predicted octanol–water partition coefficient (Wildman–Crippen LogP) is 2.00. The molecule has 1 aromatic rings. The number of aliphatic hydroxyl groups excluding tert-OH is 1. The zero-order chi connectivity index (χ0) is 14.8. The summed E-state index contributed by atoms with van der Waals surface area (Å²) >= 11 is 0. The lowest BCUT2D eigenvalue weighted by Crippen LogP contribution is -2.35. The molecule has 4 nitrogen and oxygen atoms in total. The number of hydrogen-bond donors (Lipinski definition) is 2. The summed E-state index contributed by atoms with van der Waals surface area (Å²) in [5.41, 5.74) is 1.28. The Bertz CT molecular complexity index is 353. The number of aliphatic hydroxyl groups is 1. The van der Waals surface area contributed by atoms with Crippen molar-refractivity contribution in [1.29, 1.82) is 0 Å². The van der Waals surface area contributed by atoms with Gasteiger partial charge < -0.3 is 19.9 Å². The van der Waals surface area contributed by atoms with E-state index in [1.54, 1.807) is 0 Å². The van der Waals surface area contributed by atoms with E-state index in [9.17, 15) is 5.11 Å². The van der Waals surface area contributed by atoms with Crippen LogP contribution >= 0.6 is 0 Å². The molecule has 0 heterocycles. The van der Waals surface area contributed by atoms with Gasteiger partial charge in [0, 0.05) is 19.7 Å². The van der Waals surface area contributed by atoms with Gasteiger partial charge in [0.2, 0.25) is 0 Å². The molecule has 0 aliphatic rings. The molecule has 1 aromatic carbocycles. The standard InChI is InChI=1S/C16H27NO3/c1-4-14-6-8-16(9-7-14)20-12-15(18)11-17-10-13(3)19-5-2/h6-9,13,15,17-18H,4-5,10-12H2,1-3H3. The summed E-state index contributed by atoms with van der Waals surface area (Å²) in [7, 11) is 0. The van der Waals surface area contributed by atoms with E-state index in [0.717, 1.165) is 18.7 Å². The van der Waals surface area contributed by atoms with Crippen LogP contribution in [-0.4, -0.2) is 43.6 Å². The molecular weight excluding hydrogens is 254 g/mol. The maximum absolute atomic E-state index is 9.83. The quantitative estimate of drug-likeness (QED) is 0.689. The summed E-state index contributed by atoms with van der Waals surface area (Å²) in [6.45, 7) is 8.34. The van der Waals surface area contributed by atoms with Crippen LogP contribution in [0.4, 0.5) is 0 Å². The Morgan fingerprint density at radius 3 is 2.45 bits per heavy atom. The van der Waals surface area contributed by atoms with E-state index < -0.39 is 6.10 Å². The molecule has 0 amide bonds. The molecular formula is C16H27NO3. The summed E-state index contributed by atoms with van der Waals surface area (Å²) in [4.78, 5) is 0. The van der Waals surface area contributed by atoms with Crippen LogP contribution in [0.1, 0.15) is 26.3 Å². The highest BCUT2D eigenvalue weighted by Crippen LogP contribution is 2.12. The maximum Gasteiger partial charge on any atom is 0.119 e. The highest BCUT2D eigenvalue weighted by atomic mass is 16.5. The normalized spacial score (nSPS) is 14.0. The van der Waals surface area contributed by atoms with Gasteiger partial charge in [0.15, 0.2) is 0 Å². The molecule has 0 saturated carbocycles. The lowest BCUT2D eigenvalue weighted by atomic mass is 10.2. The second kappa shape index (κ2) is 9.75.